The van der Waals surface area contributed by atoms with E-state index in [9.17, 15) is 5.11 Å². The first-order chi connectivity index (χ1) is 9.52. The summed E-state index contributed by atoms with van der Waals surface area (Å²) in [6.45, 7) is 3.51. The predicted molar refractivity (Wildman–Crippen MR) is 70.9 cm³/mol. The van der Waals surface area contributed by atoms with Crippen LogP contribution in [0.15, 0.2) is 30.3 Å². The third kappa shape index (κ3) is 1.98. The summed E-state index contributed by atoms with van der Waals surface area (Å²) in [7, 11) is 1.56. The van der Waals surface area contributed by atoms with E-state index in [1.54, 1.807) is 7.11 Å². The quantitative estimate of drug-likeness (QED) is 0.907. The van der Waals surface area contributed by atoms with E-state index in [0.717, 1.165) is 5.56 Å². The highest BCUT2D eigenvalue weighted by atomic mass is 16.8. The third-order valence-corrected chi connectivity index (χ3v) is 3.91. The van der Waals surface area contributed by atoms with E-state index in [-0.39, 0.29) is 12.7 Å². The van der Waals surface area contributed by atoms with Crippen LogP contribution in [-0.2, 0) is 24.5 Å². The van der Waals surface area contributed by atoms with E-state index >= 15 is 0 Å². The molecule has 0 bridgehead atoms. The Kier molecular flexibility index (Phi) is 3.35. The van der Waals surface area contributed by atoms with Crippen LogP contribution in [-0.4, -0.2) is 43.1 Å². The van der Waals surface area contributed by atoms with Crippen LogP contribution in [0.2, 0.25) is 0 Å². The Morgan fingerprint density at radius 3 is 2.45 bits per heavy atom. The second kappa shape index (κ2) is 4.79. The van der Waals surface area contributed by atoms with Gasteiger partial charge in [-0.15, -0.1) is 0 Å². The Morgan fingerprint density at radius 1 is 1.15 bits per heavy atom. The average Bonchev–Trinajstić information content (AvgIpc) is 2.91. The smallest absolute Gasteiger partial charge is 0.187 e. The topological polar surface area (TPSA) is 57.2 Å². The lowest BCUT2D eigenvalue weighted by molar-refractivity contribution is -0.259. The normalized spacial score (nSPS) is 38.9. The van der Waals surface area contributed by atoms with Gasteiger partial charge in [0.05, 0.1) is 6.61 Å². The van der Waals surface area contributed by atoms with Crippen LogP contribution >= 0.6 is 0 Å². The summed E-state index contributed by atoms with van der Waals surface area (Å²) < 4.78 is 23.2. The minimum Gasteiger partial charge on any atom is -0.393 e. The molecule has 1 aromatic rings. The minimum absolute atomic E-state index is 0.197. The zero-order valence-electron chi connectivity index (χ0n) is 11.9. The van der Waals surface area contributed by atoms with Crippen LogP contribution in [0.5, 0.6) is 0 Å². The maximum Gasteiger partial charge on any atom is 0.187 e. The molecule has 0 radical (unpaired) electrons. The van der Waals surface area contributed by atoms with Crippen molar-refractivity contribution in [3.05, 3.63) is 35.9 Å². The first kappa shape index (κ1) is 14.0. The molecule has 110 valence electrons. The van der Waals surface area contributed by atoms with Crippen molar-refractivity contribution in [1.82, 2.24) is 0 Å². The van der Waals surface area contributed by atoms with E-state index in [1.807, 2.05) is 44.2 Å². The maximum atomic E-state index is 9.98. The summed E-state index contributed by atoms with van der Waals surface area (Å²) in [5.41, 5.74) is -0.0984. The molecule has 1 aromatic carbocycles. The number of fused-ring (bicyclic) bond motifs is 1. The van der Waals surface area contributed by atoms with Crippen molar-refractivity contribution in [3.63, 3.8) is 0 Å². The average molecular weight is 280 g/mol. The van der Waals surface area contributed by atoms with Gasteiger partial charge in [-0.3, -0.25) is 0 Å². The van der Waals surface area contributed by atoms with Crippen molar-refractivity contribution in [3.8, 4) is 0 Å². The highest BCUT2D eigenvalue weighted by Gasteiger charge is 2.63. The number of rotatable bonds is 3. The van der Waals surface area contributed by atoms with Crippen molar-refractivity contribution < 1.29 is 24.1 Å². The van der Waals surface area contributed by atoms with E-state index in [2.05, 4.69) is 0 Å². The largest absolute Gasteiger partial charge is 0.393 e. The molecule has 0 amide bonds. The van der Waals surface area contributed by atoms with Gasteiger partial charge in [0, 0.05) is 7.11 Å². The molecule has 0 saturated carbocycles. The van der Waals surface area contributed by atoms with Gasteiger partial charge in [0.25, 0.3) is 0 Å². The molecule has 2 saturated heterocycles. The van der Waals surface area contributed by atoms with Crippen molar-refractivity contribution >= 4 is 0 Å². The molecule has 0 spiro atoms. The first-order valence-electron chi connectivity index (χ1n) is 6.75. The van der Waals surface area contributed by atoms with Crippen molar-refractivity contribution in [2.24, 2.45) is 0 Å². The summed E-state index contributed by atoms with van der Waals surface area (Å²) in [5, 5.41) is 9.98. The lowest BCUT2D eigenvalue weighted by Gasteiger charge is -2.33. The fourth-order valence-corrected chi connectivity index (χ4v) is 3.04. The van der Waals surface area contributed by atoms with Gasteiger partial charge in [0.1, 0.15) is 17.8 Å². The number of hydrogen-bond acceptors (Lipinski definition) is 5. The molecule has 2 heterocycles. The standard InChI is InChI=1S/C15H20O5/c1-14(2)18-11-12(19-14)15(9-16,20-13(11)17-3)10-7-5-4-6-8-10/h4-8,11-13,16H,9H2,1-3H3/t11-,12+,13+,15+/m1/s1. The van der Waals surface area contributed by atoms with Gasteiger partial charge in [0.15, 0.2) is 12.1 Å². The van der Waals surface area contributed by atoms with Gasteiger partial charge in [0.2, 0.25) is 0 Å². The highest BCUT2D eigenvalue weighted by Crippen LogP contribution is 2.48. The molecule has 3 rings (SSSR count). The SMILES string of the molecule is CO[C@H]1O[C@@](CO)(c2ccccc2)[C@H]2OC(C)(C)O[C@@H]12. The third-order valence-electron chi connectivity index (χ3n) is 3.91. The van der Waals surface area contributed by atoms with Crippen molar-refractivity contribution in [2.75, 3.05) is 13.7 Å². The molecule has 1 N–H and O–H groups in total. The fourth-order valence-electron chi connectivity index (χ4n) is 3.04. The van der Waals surface area contributed by atoms with Crippen LogP contribution in [0.3, 0.4) is 0 Å². The molecule has 0 unspecified atom stereocenters. The molecule has 2 aliphatic rings. The zero-order chi connectivity index (χ0) is 14.4. The van der Waals surface area contributed by atoms with Crippen molar-refractivity contribution in [1.29, 1.82) is 0 Å². The van der Waals surface area contributed by atoms with E-state index in [4.69, 9.17) is 18.9 Å². The Hall–Kier alpha value is -0.980. The lowest BCUT2D eigenvalue weighted by atomic mass is 9.88. The number of benzene rings is 1. The van der Waals surface area contributed by atoms with E-state index in [1.165, 1.54) is 0 Å². The molecule has 0 aromatic heterocycles. The summed E-state index contributed by atoms with van der Waals surface area (Å²) in [5.74, 6) is -0.717. The second-order valence-electron chi connectivity index (χ2n) is 5.66. The Bertz CT molecular complexity index is 474. The van der Waals surface area contributed by atoms with Gasteiger partial charge >= 0.3 is 0 Å². The predicted octanol–water partition coefficient (Wildman–Crippen LogP) is 1.40. The number of aliphatic hydroxyl groups excluding tert-OH is 1. The van der Waals surface area contributed by atoms with Gasteiger partial charge < -0.3 is 24.1 Å². The fraction of sp³-hybridized carbons (Fsp3) is 0.600. The van der Waals surface area contributed by atoms with Crippen LogP contribution in [0.1, 0.15) is 19.4 Å². The second-order valence-corrected chi connectivity index (χ2v) is 5.66. The van der Waals surface area contributed by atoms with E-state index in [0.29, 0.717) is 0 Å². The Balaban J connectivity index is 2.03. The monoisotopic (exact) mass is 280 g/mol. The van der Waals surface area contributed by atoms with Gasteiger partial charge in [-0.05, 0) is 19.4 Å². The number of ether oxygens (including phenoxy) is 4. The van der Waals surface area contributed by atoms with Crippen molar-refractivity contribution in [2.45, 2.75) is 43.7 Å². The summed E-state index contributed by atoms with van der Waals surface area (Å²) >= 11 is 0. The summed E-state index contributed by atoms with van der Waals surface area (Å²) in [6.07, 6.45) is -1.33. The maximum absolute atomic E-state index is 9.98. The molecule has 5 nitrogen and oxygen atoms in total. The van der Waals surface area contributed by atoms with Gasteiger partial charge in [-0.2, -0.15) is 0 Å². The van der Waals surface area contributed by atoms with Crippen LogP contribution < -0.4 is 0 Å². The van der Waals surface area contributed by atoms with Crippen LogP contribution in [0, 0.1) is 0 Å². The molecular formula is C15H20O5. The minimum atomic E-state index is -0.958. The van der Waals surface area contributed by atoms with Crippen LogP contribution in [0.4, 0.5) is 0 Å². The van der Waals surface area contributed by atoms with Gasteiger partial charge in [-0.25, -0.2) is 0 Å². The van der Waals surface area contributed by atoms with E-state index < -0.39 is 23.8 Å². The molecule has 2 fully saturated rings. The number of aliphatic hydroxyl groups is 1. The summed E-state index contributed by atoms with van der Waals surface area (Å²) in [6, 6.07) is 9.57. The first-order valence-corrected chi connectivity index (χ1v) is 6.75. The molecule has 4 atom stereocenters. The number of methoxy groups -OCH3 is 1. The summed E-state index contributed by atoms with van der Waals surface area (Å²) in [4.78, 5) is 0. The molecule has 20 heavy (non-hydrogen) atoms. The Morgan fingerprint density at radius 2 is 1.85 bits per heavy atom. The molecule has 2 aliphatic heterocycles. The molecular weight excluding hydrogens is 260 g/mol. The molecule has 0 aliphatic carbocycles. The zero-order valence-corrected chi connectivity index (χ0v) is 11.9. The van der Waals surface area contributed by atoms with Crippen LogP contribution in [0.25, 0.3) is 0 Å². The number of hydrogen-bond donors (Lipinski definition) is 1. The Labute approximate surface area is 118 Å². The molecule has 5 heteroatoms. The highest BCUT2D eigenvalue weighted by molar-refractivity contribution is 5.27. The lowest BCUT2D eigenvalue weighted by Crippen LogP contribution is -2.43. The van der Waals surface area contributed by atoms with Gasteiger partial charge in [-0.1, -0.05) is 30.3 Å².